The summed E-state index contributed by atoms with van der Waals surface area (Å²) in [6, 6.07) is 0. The Morgan fingerprint density at radius 3 is 2.29 bits per heavy atom. The van der Waals surface area contributed by atoms with Crippen molar-refractivity contribution in [2.75, 3.05) is 0 Å². The zero-order chi connectivity index (χ0) is 11.4. The SMILES string of the molecule is C=CC(=O)OOC(C)(CC)C(C)(C)O. The Bertz CT molecular complexity index is 217. The fourth-order valence-corrected chi connectivity index (χ4v) is 0.761. The molecular formula is C10H18O4. The highest BCUT2D eigenvalue weighted by Crippen LogP contribution is 2.29. The van der Waals surface area contributed by atoms with Gasteiger partial charge in [-0.15, -0.1) is 0 Å². The van der Waals surface area contributed by atoms with Gasteiger partial charge in [-0.1, -0.05) is 13.5 Å². The summed E-state index contributed by atoms with van der Waals surface area (Å²) in [7, 11) is 0. The van der Waals surface area contributed by atoms with E-state index in [0.717, 1.165) is 6.08 Å². The van der Waals surface area contributed by atoms with E-state index in [1.807, 2.05) is 6.92 Å². The maximum absolute atomic E-state index is 10.8. The summed E-state index contributed by atoms with van der Waals surface area (Å²) < 4.78 is 0. The van der Waals surface area contributed by atoms with E-state index in [4.69, 9.17) is 4.89 Å². The van der Waals surface area contributed by atoms with Gasteiger partial charge in [-0.25, -0.2) is 4.79 Å². The van der Waals surface area contributed by atoms with Crippen LogP contribution < -0.4 is 0 Å². The molecule has 0 rings (SSSR count). The van der Waals surface area contributed by atoms with Crippen LogP contribution in [-0.4, -0.2) is 22.3 Å². The molecule has 4 nitrogen and oxygen atoms in total. The predicted octanol–water partition coefficient (Wildman–Crippen LogP) is 1.59. The molecule has 0 spiro atoms. The van der Waals surface area contributed by atoms with Crippen molar-refractivity contribution in [3.05, 3.63) is 12.7 Å². The lowest BCUT2D eigenvalue weighted by atomic mass is 9.85. The van der Waals surface area contributed by atoms with Crippen molar-refractivity contribution >= 4 is 5.97 Å². The maximum atomic E-state index is 10.8. The van der Waals surface area contributed by atoms with Gasteiger partial charge in [0, 0.05) is 6.08 Å². The van der Waals surface area contributed by atoms with Crippen molar-refractivity contribution in [2.24, 2.45) is 0 Å². The first kappa shape index (κ1) is 13.1. The van der Waals surface area contributed by atoms with Crippen LogP contribution in [0.4, 0.5) is 0 Å². The zero-order valence-electron chi connectivity index (χ0n) is 9.16. The van der Waals surface area contributed by atoms with Crippen LogP contribution in [0.3, 0.4) is 0 Å². The van der Waals surface area contributed by atoms with Gasteiger partial charge in [0.1, 0.15) is 5.60 Å². The van der Waals surface area contributed by atoms with E-state index in [2.05, 4.69) is 11.5 Å². The zero-order valence-corrected chi connectivity index (χ0v) is 9.16. The monoisotopic (exact) mass is 202 g/mol. The largest absolute Gasteiger partial charge is 0.387 e. The van der Waals surface area contributed by atoms with E-state index in [1.54, 1.807) is 20.8 Å². The molecule has 0 heterocycles. The van der Waals surface area contributed by atoms with Crippen LogP contribution in [-0.2, 0) is 14.6 Å². The molecule has 0 saturated carbocycles. The van der Waals surface area contributed by atoms with Gasteiger partial charge in [0.05, 0.1) is 5.60 Å². The van der Waals surface area contributed by atoms with Crippen molar-refractivity contribution in [3.8, 4) is 0 Å². The van der Waals surface area contributed by atoms with Crippen LogP contribution in [0, 0.1) is 0 Å². The number of carbonyl (C=O) groups is 1. The average molecular weight is 202 g/mol. The second-order valence-electron chi connectivity index (χ2n) is 3.83. The van der Waals surface area contributed by atoms with E-state index in [0.29, 0.717) is 6.42 Å². The quantitative estimate of drug-likeness (QED) is 0.418. The molecule has 0 fully saturated rings. The third kappa shape index (κ3) is 3.12. The van der Waals surface area contributed by atoms with E-state index < -0.39 is 17.2 Å². The second kappa shape index (κ2) is 4.57. The topological polar surface area (TPSA) is 55.8 Å². The minimum Gasteiger partial charge on any atom is -0.387 e. The minimum absolute atomic E-state index is 0.515. The lowest BCUT2D eigenvalue weighted by Crippen LogP contribution is -2.49. The molecule has 0 aromatic rings. The molecule has 1 atom stereocenters. The minimum atomic E-state index is -1.09. The van der Waals surface area contributed by atoms with Gasteiger partial charge in [-0.2, -0.15) is 4.89 Å². The van der Waals surface area contributed by atoms with E-state index in [1.165, 1.54) is 0 Å². The number of aliphatic hydroxyl groups is 1. The number of hydrogen-bond donors (Lipinski definition) is 1. The third-order valence-corrected chi connectivity index (χ3v) is 2.44. The molecule has 14 heavy (non-hydrogen) atoms. The molecule has 0 aliphatic carbocycles. The lowest BCUT2D eigenvalue weighted by molar-refractivity contribution is -0.357. The van der Waals surface area contributed by atoms with Crippen molar-refractivity contribution in [1.29, 1.82) is 0 Å². The Morgan fingerprint density at radius 2 is 2.00 bits per heavy atom. The summed E-state index contributed by atoms with van der Waals surface area (Å²) in [5.41, 5.74) is -2.02. The van der Waals surface area contributed by atoms with E-state index >= 15 is 0 Å². The molecule has 0 aliphatic heterocycles. The molecule has 0 aliphatic rings. The summed E-state index contributed by atoms with van der Waals surface area (Å²) in [6.45, 7) is 9.93. The number of carbonyl (C=O) groups excluding carboxylic acids is 1. The van der Waals surface area contributed by atoms with Crippen molar-refractivity contribution in [3.63, 3.8) is 0 Å². The number of rotatable bonds is 5. The van der Waals surface area contributed by atoms with Gasteiger partial charge in [-0.3, -0.25) is 4.89 Å². The van der Waals surface area contributed by atoms with Crippen LogP contribution >= 0.6 is 0 Å². The summed E-state index contributed by atoms with van der Waals surface area (Å²) >= 11 is 0. The van der Waals surface area contributed by atoms with E-state index in [9.17, 15) is 9.90 Å². The van der Waals surface area contributed by atoms with Crippen molar-refractivity contribution in [1.82, 2.24) is 0 Å². The molecular weight excluding hydrogens is 184 g/mol. The third-order valence-electron chi connectivity index (χ3n) is 2.44. The van der Waals surface area contributed by atoms with Crippen molar-refractivity contribution in [2.45, 2.75) is 45.3 Å². The van der Waals surface area contributed by atoms with Crippen LogP contribution in [0.2, 0.25) is 0 Å². The molecule has 0 aromatic carbocycles. The summed E-state index contributed by atoms with van der Waals surface area (Å²) in [4.78, 5) is 20.1. The molecule has 0 bridgehead atoms. The Kier molecular flexibility index (Phi) is 4.29. The summed E-state index contributed by atoms with van der Waals surface area (Å²) in [6.07, 6.45) is 1.52. The standard InChI is InChI=1S/C10H18O4/c1-6-8(11)13-14-10(5,7-2)9(3,4)12/h6,12H,1,7H2,2-5H3. The van der Waals surface area contributed by atoms with Gasteiger partial charge in [0.25, 0.3) is 0 Å². The Hall–Kier alpha value is -0.870. The van der Waals surface area contributed by atoms with Crippen LogP contribution in [0.1, 0.15) is 34.1 Å². The lowest BCUT2D eigenvalue weighted by Gasteiger charge is -2.36. The first-order chi connectivity index (χ1) is 6.27. The summed E-state index contributed by atoms with van der Waals surface area (Å²) in [5.74, 6) is -0.672. The molecule has 4 heteroatoms. The first-order valence-corrected chi connectivity index (χ1v) is 4.51. The fourth-order valence-electron chi connectivity index (χ4n) is 0.761. The molecule has 0 saturated heterocycles. The van der Waals surface area contributed by atoms with Crippen LogP contribution in [0.5, 0.6) is 0 Å². The van der Waals surface area contributed by atoms with E-state index in [-0.39, 0.29) is 0 Å². The molecule has 0 amide bonds. The van der Waals surface area contributed by atoms with Crippen LogP contribution in [0.25, 0.3) is 0 Å². The van der Waals surface area contributed by atoms with Gasteiger partial charge in [0.15, 0.2) is 0 Å². The van der Waals surface area contributed by atoms with Crippen molar-refractivity contribution < 1.29 is 19.7 Å². The first-order valence-electron chi connectivity index (χ1n) is 4.51. The molecule has 0 radical (unpaired) electrons. The average Bonchev–Trinajstić information content (AvgIpc) is 2.11. The molecule has 1 N–H and O–H groups in total. The Morgan fingerprint density at radius 1 is 1.50 bits per heavy atom. The molecule has 82 valence electrons. The number of hydrogen-bond acceptors (Lipinski definition) is 4. The highest BCUT2D eigenvalue weighted by molar-refractivity contribution is 5.80. The highest BCUT2D eigenvalue weighted by Gasteiger charge is 2.41. The van der Waals surface area contributed by atoms with Crippen LogP contribution in [0.15, 0.2) is 12.7 Å². The Labute approximate surface area is 84.4 Å². The smallest absolute Gasteiger partial charge is 0.365 e. The van der Waals surface area contributed by atoms with Gasteiger partial charge < -0.3 is 5.11 Å². The molecule has 1 unspecified atom stereocenters. The van der Waals surface area contributed by atoms with Gasteiger partial charge in [-0.05, 0) is 27.2 Å². The normalized spacial score (nSPS) is 15.8. The maximum Gasteiger partial charge on any atom is 0.365 e. The highest BCUT2D eigenvalue weighted by atomic mass is 17.2. The summed E-state index contributed by atoms with van der Waals surface area (Å²) in [5, 5.41) is 9.78. The Balaban J connectivity index is 4.42. The predicted molar refractivity (Wildman–Crippen MR) is 52.4 cm³/mol. The van der Waals surface area contributed by atoms with Gasteiger partial charge >= 0.3 is 5.97 Å². The molecule has 0 aromatic heterocycles. The van der Waals surface area contributed by atoms with Gasteiger partial charge in [0.2, 0.25) is 0 Å². The second-order valence-corrected chi connectivity index (χ2v) is 3.83. The fraction of sp³-hybridized carbons (Fsp3) is 0.700.